The van der Waals surface area contributed by atoms with Gasteiger partial charge in [0.15, 0.2) is 0 Å². The molecule has 17 heavy (non-hydrogen) atoms. The van der Waals surface area contributed by atoms with Crippen molar-refractivity contribution in [2.45, 2.75) is 39.0 Å². The predicted molar refractivity (Wildman–Crippen MR) is 65.6 cm³/mol. The number of rotatable bonds is 8. The summed E-state index contributed by atoms with van der Waals surface area (Å²) in [5.74, 6) is 4.66. The third-order valence-corrected chi connectivity index (χ3v) is 2.12. The molecule has 0 aromatic carbocycles. The van der Waals surface area contributed by atoms with Crippen LogP contribution in [0.4, 0.5) is 4.79 Å². The topological polar surface area (TPSA) is 78.4 Å². The van der Waals surface area contributed by atoms with Crippen LogP contribution in [-0.4, -0.2) is 30.2 Å². The van der Waals surface area contributed by atoms with Crippen molar-refractivity contribution >= 4 is 12.0 Å². The molecule has 0 aliphatic rings. The van der Waals surface area contributed by atoms with E-state index in [0.29, 0.717) is 19.5 Å². The second kappa shape index (κ2) is 10.8. The second-order valence-corrected chi connectivity index (χ2v) is 3.59. The van der Waals surface area contributed by atoms with Crippen LogP contribution < -0.4 is 10.6 Å². The number of aliphatic carboxylic acids is 1. The second-order valence-electron chi connectivity index (χ2n) is 3.59. The number of hydrogen-bond donors (Lipinski definition) is 3. The Morgan fingerprint density at radius 3 is 2.47 bits per heavy atom. The molecule has 5 nitrogen and oxygen atoms in total. The van der Waals surface area contributed by atoms with Crippen LogP contribution in [0.5, 0.6) is 0 Å². The molecule has 0 fully saturated rings. The zero-order chi connectivity index (χ0) is 12.9. The molecule has 2 amide bonds. The van der Waals surface area contributed by atoms with Gasteiger partial charge in [0, 0.05) is 13.0 Å². The summed E-state index contributed by atoms with van der Waals surface area (Å²) in [5, 5.41) is 13.7. The smallest absolute Gasteiger partial charge is 0.315 e. The van der Waals surface area contributed by atoms with Gasteiger partial charge in [0.25, 0.3) is 0 Å². The number of urea groups is 1. The minimum absolute atomic E-state index is 0.210. The van der Waals surface area contributed by atoms with Gasteiger partial charge in [-0.05, 0) is 19.8 Å². The lowest BCUT2D eigenvalue weighted by Crippen LogP contribution is -2.36. The molecule has 0 atom stereocenters. The molecule has 0 heterocycles. The summed E-state index contributed by atoms with van der Waals surface area (Å²) < 4.78 is 0. The Morgan fingerprint density at radius 2 is 1.82 bits per heavy atom. The fourth-order valence-electron chi connectivity index (χ4n) is 1.23. The van der Waals surface area contributed by atoms with Crippen LogP contribution in [-0.2, 0) is 4.79 Å². The first-order chi connectivity index (χ1) is 8.16. The normalized spacial score (nSPS) is 9.00. The molecular weight excluding hydrogens is 220 g/mol. The van der Waals surface area contributed by atoms with Crippen molar-refractivity contribution in [1.82, 2.24) is 10.6 Å². The number of hydrogen-bond acceptors (Lipinski definition) is 2. The summed E-state index contributed by atoms with van der Waals surface area (Å²) in [4.78, 5) is 21.4. The van der Waals surface area contributed by atoms with Crippen LogP contribution in [0.25, 0.3) is 0 Å². The number of amides is 2. The van der Waals surface area contributed by atoms with E-state index >= 15 is 0 Å². The van der Waals surface area contributed by atoms with Crippen LogP contribution in [0.15, 0.2) is 0 Å². The molecule has 0 bridgehead atoms. The highest BCUT2D eigenvalue weighted by molar-refractivity contribution is 5.74. The van der Waals surface area contributed by atoms with Gasteiger partial charge in [-0.3, -0.25) is 4.79 Å². The lowest BCUT2D eigenvalue weighted by molar-refractivity contribution is -0.137. The van der Waals surface area contributed by atoms with E-state index < -0.39 is 5.97 Å². The first-order valence-electron chi connectivity index (χ1n) is 5.80. The van der Waals surface area contributed by atoms with E-state index in [2.05, 4.69) is 22.5 Å². The van der Waals surface area contributed by atoms with Crippen molar-refractivity contribution in [3.8, 4) is 11.8 Å². The molecule has 0 radical (unpaired) electrons. The maximum atomic E-state index is 11.1. The molecule has 0 aromatic rings. The van der Waals surface area contributed by atoms with Crippen LogP contribution in [0.1, 0.15) is 39.0 Å². The summed E-state index contributed by atoms with van der Waals surface area (Å²) >= 11 is 0. The molecule has 0 saturated heterocycles. The van der Waals surface area contributed by atoms with Gasteiger partial charge in [0.1, 0.15) is 0 Å². The summed E-state index contributed by atoms with van der Waals surface area (Å²) in [6.45, 7) is 2.69. The van der Waals surface area contributed by atoms with Gasteiger partial charge in [-0.15, -0.1) is 5.92 Å². The molecule has 0 aliphatic heterocycles. The van der Waals surface area contributed by atoms with Gasteiger partial charge in [-0.1, -0.05) is 18.8 Å². The van der Waals surface area contributed by atoms with Gasteiger partial charge in [0.05, 0.1) is 6.54 Å². The SMILES string of the molecule is CC#CCNC(=O)NCCCCCCC(=O)O. The van der Waals surface area contributed by atoms with Crippen LogP contribution >= 0.6 is 0 Å². The van der Waals surface area contributed by atoms with E-state index in [9.17, 15) is 9.59 Å². The van der Waals surface area contributed by atoms with E-state index in [0.717, 1.165) is 19.3 Å². The van der Waals surface area contributed by atoms with Crippen LogP contribution in [0.3, 0.4) is 0 Å². The van der Waals surface area contributed by atoms with Crippen molar-refractivity contribution in [1.29, 1.82) is 0 Å². The standard InChI is InChI=1S/C12H20N2O3/c1-2-3-9-13-12(17)14-10-7-5-4-6-8-11(15)16/h4-10H2,1H3,(H,15,16)(H2,13,14,17). The minimum atomic E-state index is -0.750. The van der Waals surface area contributed by atoms with Gasteiger partial charge in [0.2, 0.25) is 0 Å². The molecule has 0 saturated carbocycles. The van der Waals surface area contributed by atoms with Crippen LogP contribution in [0, 0.1) is 11.8 Å². The maximum Gasteiger partial charge on any atom is 0.315 e. The van der Waals surface area contributed by atoms with E-state index in [1.807, 2.05) is 0 Å². The first-order valence-corrected chi connectivity index (χ1v) is 5.80. The van der Waals surface area contributed by atoms with E-state index in [1.165, 1.54) is 0 Å². The van der Waals surface area contributed by atoms with E-state index in [4.69, 9.17) is 5.11 Å². The highest BCUT2D eigenvalue weighted by atomic mass is 16.4. The molecule has 3 N–H and O–H groups in total. The van der Waals surface area contributed by atoms with Crippen molar-refractivity contribution in [3.05, 3.63) is 0 Å². The Bertz CT molecular complexity index is 292. The number of unbranched alkanes of at least 4 members (excludes halogenated alkanes) is 3. The predicted octanol–water partition coefficient (Wildman–Crippen LogP) is 1.34. The molecule has 0 aromatic heterocycles. The van der Waals surface area contributed by atoms with Crippen LogP contribution in [0.2, 0.25) is 0 Å². The first kappa shape index (κ1) is 15.3. The van der Waals surface area contributed by atoms with E-state index in [1.54, 1.807) is 6.92 Å². The van der Waals surface area contributed by atoms with Gasteiger partial charge in [-0.25, -0.2) is 4.79 Å². The highest BCUT2D eigenvalue weighted by Gasteiger charge is 1.98. The highest BCUT2D eigenvalue weighted by Crippen LogP contribution is 2.01. The largest absolute Gasteiger partial charge is 0.481 e. The number of nitrogens with one attached hydrogen (secondary N) is 2. The molecule has 5 heteroatoms. The average molecular weight is 240 g/mol. The summed E-state index contributed by atoms with van der Waals surface area (Å²) in [7, 11) is 0. The summed E-state index contributed by atoms with van der Waals surface area (Å²) in [5.41, 5.74) is 0. The summed E-state index contributed by atoms with van der Waals surface area (Å²) in [6, 6.07) is -0.210. The van der Waals surface area contributed by atoms with Gasteiger partial charge in [-0.2, -0.15) is 0 Å². The molecule has 0 spiro atoms. The average Bonchev–Trinajstić information content (AvgIpc) is 2.28. The number of carbonyl (C=O) groups is 2. The zero-order valence-electron chi connectivity index (χ0n) is 10.2. The molecule has 0 unspecified atom stereocenters. The number of carboxylic acid groups (broad SMARTS) is 1. The Labute approximate surface area is 102 Å². The lowest BCUT2D eigenvalue weighted by atomic mass is 10.1. The number of carbonyl (C=O) groups excluding carboxylic acids is 1. The monoisotopic (exact) mass is 240 g/mol. The van der Waals surface area contributed by atoms with Gasteiger partial charge >= 0.3 is 12.0 Å². The van der Waals surface area contributed by atoms with E-state index in [-0.39, 0.29) is 12.5 Å². The third-order valence-electron chi connectivity index (χ3n) is 2.12. The zero-order valence-corrected chi connectivity index (χ0v) is 10.2. The van der Waals surface area contributed by atoms with Crippen molar-refractivity contribution in [3.63, 3.8) is 0 Å². The Balaban J connectivity index is 3.23. The number of carboxylic acids is 1. The Kier molecular flexibility index (Phi) is 9.73. The summed E-state index contributed by atoms with van der Waals surface area (Å²) in [6.07, 6.45) is 3.61. The third kappa shape index (κ3) is 12.2. The quantitative estimate of drug-likeness (QED) is 0.442. The maximum absolute atomic E-state index is 11.1. The fraction of sp³-hybridized carbons (Fsp3) is 0.667. The lowest BCUT2D eigenvalue weighted by Gasteiger charge is -2.04. The Morgan fingerprint density at radius 1 is 1.12 bits per heavy atom. The van der Waals surface area contributed by atoms with Crippen molar-refractivity contribution in [2.75, 3.05) is 13.1 Å². The van der Waals surface area contributed by atoms with Gasteiger partial charge < -0.3 is 15.7 Å². The molecular formula is C12H20N2O3. The Hall–Kier alpha value is -1.70. The minimum Gasteiger partial charge on any atom is -0.481 e. The molecule has 96 valence electrons. The van der Waals surface area contributed by atoms with Crippen molar-refractivity contribution in [2.24, 2.45) is 0 Å². The van der Waals surface area contributed by atoms with Crippen molar-refractivity contribution < 1.29 is 14.7 Å². The molecule has 0 aliphatic carbocycles. The fourth-order valence-corrected chi connectivity index (χ4v) is 1.23. The molecule has 0 rings (SSSR count).